The van der Waals surface area contributed by atoms with Gasteiger partial charge < -0.3 is 4.90 Å². The summed E-state index contributed by atoms with van der Waals surface area (Å²) in [5, 5.41) is 1.12. The van der Waals surface area contributed by atoms with Crippen molar-refractivity contribution in [2.45, 2.75) is 0 Å². The lowest BCUT2D eigenvalue weighted by atomic mass is 10.1. The highest BCUT2D eigenvalue weighted by atomic mass is 79.9. The lowest BCUT2D eigenvalue weighted by Crippen LogP contribution is -2.19. The van der Waals surface area contributed by atoms with Gasteiger partial charge in [0.1, 0.15) is 0 Å². The number of halogens is 2. The fourth-order valence-corrected chi connectivity index (χ4v) is 3.91. The fourth-order valence-electron chi connectivity index (χ4n) is 1.83. The average Bonchev–Trinajstić information content (AvgIpc) is 2.79. The first-order valence-corrected chi connectivity index (χ1v) is 7.31. The molecule has 0 spiro atoms. The van der Waals surface area contributed by atoms with Crippen LogP contribution in [0.25, 0.3) is 5.70 Å². The molecule has 82 valence electrons. The molecule has 1 aromatic carbocycles. The van der Waals surface area contributed by atoms with Gasteiger partial charge in [0.15, 0.2) is 5.17 Å². The number of benzene rings is 1. The third-order valence-corrected chi connectivity index (χ3v) is 4.85. The molecule has 3 rings (SSSR count). The van der Waals surface area contributed by atoms with Crippen molar-refractivity contribution in [3.8, 4) is 0 Å². The number of amidine groups is 1. The van der Waals surface area contributed by atoms with Gasteiger partial charge >= 0.3 is 0 Å². The normalized spacial score (nSPS) is 19.1. The van der Waals surface area contributed by atoms with E-state index in [1.165, 1.54) is 11.3 Å². The van der Waals surface area contributed by atoms with E-state index in [9.17, 15) is 0 Å². The van der Waals surface area contributed by atoms with Crippen molar-refractivity contribution in [1.82, 2.24) is 4.90 Å². The monoisotopic (exact) mass is 358 g/mol. The number of fused-ring (bicyclic) bond motifs is 1. The van der Waals surface area contributed by atoms with Crippen LogP contribution in [0.1, 0.15) is 5.56 Å². The van der Waals surface area contributed by atoms with Crippen LogP contribution in [0, 0.1) is 0 Å². The second kappa shape index (κ2) is 4.20. The molecular weight excluding hydrogens is 352 g/mol. The zero-order valence-corrected chi connectivity index (χ0v) is 12.3. The van der Waals surface area contributed by atoms with Crippen molar-refractivity contribution >= 4 is 54.5 Å². The van der Waals surface area contributed by atoms with E-state index in [4.69, 9.17) is 0 Å². The molecule has 2 aliphatic rings. The van der Waals surface area contributed by atoms with Crippen molar-refractivity contribution < 1.29 is 0 Å². The summed E-state index contributed by atoms with van der Waals surface area (Å²) in [6.07, 6.45) is 0. The van der Waals surface area contributed by atoms with Crippen LogP contribution in [-0.2, 0) is 0 Å². The Balaban J connectivity index is 2.03. The largest absolute Gasteiger partial charge is 0.317 e. The van der Waals surface area contributed by atoms with Gasteiger partial charge in [0, 0.05) is 11.0 Å². The fraction of sp³-hybridized carbons (Fsp3) is 0.182. The summed E-state index contributed by atoms with van der Waals surface area (Å²) in [5.41, 5.74) is 2.48. The van der Waals surface area contributed by atoms with Gasteiger partial charge in [0.05, 0.1) is 16.1 Å². The Morgan fingerprint density at radius 1 is 1.19 bits per heavy atom. The highest BCUT2D eigenvalue weighted by Crippen LogP contribution is 2.44. The smallest absolute Gasteiger partial charge is 0.169 e. The van der Waals surface area contributed by atoms with E-state index in [-0.39, 0.29) is 0 Å². The molecule has 0 aromatic heterocycles. The average molecular weight is 360 g/mol. The first-order chi connectivity index (χ1) is 7.75. The van der Waals surface area contributed by atoms with Gasteiger partial charge in [0.25, 0.3) is 0 Å². The summed E-state index contributed by atoms with van der Waals surface area (Å²) in [4.78, 5) is 6.74. The third-order valence-electron chi connectivity index (χ3n) is 2.56. The summed E-state index contributed by atoms with van der Waals surface area (Å²) < 4.78 is 2.27. The number of hydrogen-bond donors (Lipinski definition) is 0. The van der Waals surface area contributed by atoms with Crippen molar-refractivity contribution in [3.05, 3.63) is 38.1 Å². The van der Waals surface area contributed by atoms with Gasteiger partial charge in [-0.1, -0.05) is 28.1 Å². The van der Waals surface area contributed by atoms with Crippen LogP contribution in [0.15, 0.2) is 37.5 Å². The highest BCUT2D eigenvalue weighted by Gasteiger charge is 2.31. The van der Waals surface area contributed by atoms with Gasteiger partial charge in [-0.15, -0.1) is 0 Å². The Morgan fingerprint density at radius 2 is 1.94 bits per heavy atom. The van der Waals surface area contributed by atoms with Crippen LogP contribution in [0.5, 0.6) is 0 Å². The number of thioether (sulfide) groups is 1. The minimum absolute atomic E-state index is 0.905. The predicted octanol–water partition coefficient (Wildman–Crippen LogP) is 3.89. The maximum atomic E-state index is 4.47. The quantitative estimate of drug-likeness (QED) is 0.755. The molecular formula is C11H8Br2N2S. The molecule has 0 saturated carbocycles. The SMILES string of the molecule is BrC1=C(c2ccc(Br)cc2)N2CCN=C2S1. The van der Waals surface area contributed by atoms with Crippen molar-refractivity contribution in [3.63, 3.8) is 0 Å². The second-order valence-corrected chi connectivity index (χ2v) is 6.76. The molecule has 0 fully saturated rings. The van der Waals surface area contributed by atoms with Gasteiger partial charge in [-0.2, -0.15) is 0 Å². The zero-order chi connectivity index (χ0) is 11.1. The molecule has 0 atom stereocenters. The van der Waals surface area contributed by atoms with Gasteiger partial charge in [0.2, 0.25) is 0 Å². The van der Waals surface area contributed by atoms with Crippen molar-refractivity contribution in [1.29, 1.82) is 0 Å². The standard InChI is InChI=1S/C11H8Br2N2S/c12-8-3-1-7(2-4-8)9-10(13)16-11-14-5-6-15(9)11/h1-4H,5-6H2. The topological polar surface area (TPSA) is 15.6 Å². The van der Waals surface area contributed by atoms with Crippen molar-refractivity contribution in [2.24, 2.45) is 4.99 Å². The molecule has 0 radical (unpaired) electrons. The molecule has 2 aliphatic heterocycles. The molecule has 0 aliphatic carbocycles. The summed E-state index contributed by atoms with van der Waals surface area (Å²) >= 11 is 8.78. The first kappa shape index (κ1) is 10.9. The molecule has 0 N–H and O–H groups in total. The summed E-state index contributed by atoms with van der Waals surface area (Å²) in [5.74, 6) is 0. The Labute approximate surface area is 115 Å². The summed E-state index contributed by atoms with van der Waals surface area (Å²) in [6, 6.07) is 8.39. The van der Waals surface area contributed by atoms with Crippen LogP contribution in [0.3, 0.4) is 0 Å². The minimum Gasteiger partial charge on any atom is -0.317 e. The van der Waals surface area contributed by atoms with Crippen LogP contribution in [0.4, 0.5) is 0 Å². The van der Waals surface area contributed by atoms with Gasteiger partial charge in [-0.05, 0) is 45.4 Å². The Kier molecular flexibility index (Phi) is 2.85. The molecule has 0 saturated heterocycles. The molecule has 0 bridgehead atoms. The van der Waals surface area contributed by atoms with E-state index in [1.54, 1.807) is 11.8 Å². The van der Waals surface area contributed by atoms with Crippen LogP contribution < -0.4 is 0 Å². The Hall–Kier alpha value is -0.260. The maximum absolute atomic E-state index is 4.47. The van der Waals surface area contributed by atoms with E-state index in [0.29, 0.717) is 0 Å². The lowest BCUT2D eigenvalue weighted by Gasteiger charge is -2.16. The molecule has 5 heteroatoms. The summed E-state index contributed by atoms with van der Waals surface area (Å²) in [6.45, 7) is 1.89. The number of rotatable bonds is 1. The molecule has 1 aromatic rings. The van der Waals surface area contributed by atoms with Gasteiger partial charge in [-0.3, -0.25) is 4.99 Å². The molecule has 2 heterocycles. The Morgan fingerprint density at radius 3 is 2.69 bits per heavy atom. The molecule has 0 amide bonds. The predicted molar refractivity (Wildman–Crippen MR) is 76.6 cm³/mol. The number of aliphatic imine (C=N–C) groups is 1. The van der Waals surface area contributed by atoms with E-state index < -0.39 is 0 Å². The van der Waals surface area contributed by atoms with E-state index >= 15 is 0 Å². The number of hydrogen-bond acceptors (Lipinski definition) is 3. The van der Waals surface area contributed by atoms with Crippen LogP contribution in [-0.4, -0.2) is 23.2 Å². The van der Waals surface area contributed by atoms with Crippen LogP contribution in [0.2, 0.25) is 0 Å². The molecule has 16 heavy (non-hydrogen) atoms. The molecule has 0 unspecified atom stereocenters. The van der Waals surface area contributed by atoms with E-state index in [1.807, 2.05) is 0 Å². The highest BCUT2D eigenvalue weighted by molar-refractivity contribution is 9.14. The third kappa shape index (κ3) is 1.75. The van der Waals surface area contributed by atoms with E-state index in [2.05, 4.69) is 66.0 Å². The Bertz CT molecular complexity index is 493. The lowest BCUT2D eigenvalue weighted by molar-refractivity contribution is 0.649. The maximum Gasteiger partial charge on any atom is 0.169 e. The minimum atomic E-state index is 0.905. The van der Waals surface area contributed by atoms with E-state index in [0.717, 1.165) is 26.5 Å². The first-order valence-electron chi connectivity index (χ1n) is 4.91. The van der Waals surface area contributed by atoms with Crippen LogP contribution >= 0.6 is 43.6 Å². The second-order valence-electron chi connectivity index (χ2n) is 3.55. The van der Waals surface area contributed by atoms with Crippen molar-refractivity contribution in [2.75, 3.05) is 13.1 Å². The summed E-state index contributed by atoms with van der Waals surface area (Å²) in [7, 11) is 0. The molecule has 2 nitrogen and oxygen atoms in total. The number of nitrogens with zero attached hydrogens (tertiary/aromatic N) is 2. The zero-order valence-electron chi connectivity index (χ0n) is 8.28. The van der Waals surface area contributed by atoms with Gasteiger partial charge in [-0.25, -0.2) is 0 Å².